The molecule has 3 fully saturated rings. The van der Waals surface area contributed by atoms with Gasteiger partial charge in [0, 0.05) is 28.4 Å². The number of hydrogen-bond donors (Lipinski definition) is 0. The van der Waals surface area contributed by atoms with Gasteiger partial charge in [0.1, 0.15) is 70.1 Å². The summed E-state index contributed by atoms with van der Waals surface area (Å²) in [5, 5.41) is 0. The SMILES string of the molecule is C#CCO[C@H]1[C@H](OC)[C@@H](OC)[C@@H](O[C@H]2[C@H](OC)[C@@H](OC)[C@@H]3OC[C@H]2O3)O[C@@H]1COCC#C[Si](C(C)C)(C(C)C)C(C)C. The first-order chi connectivity index (χ1) is 20.1. The van der Waals surface area contributed by atoms with Gasteiger partial charge in [0.2, 0.25) is 0 Å². The summed E-state index contributed by atoms with van der Waals surface area (Å²) in [5.41, 5.74) is 5.31. The van der Waals surface area contributed by atoms with E-state index in [1.54, 1.807) is 28.4 Å². The van der Waals surface area contributed by atoms with E-state index in [-0.39, 0.29) is 25.9 Å². The third-order valence-corrected chi connectivity index (χ3v) is 15.3. The number of ether oxygens (including phenoxy) is 10. The maximum atomic E-state index is 6.56. The highest BCUT2D eigenvalue weighted by Gasteiger charge is 2.55. The predicted molar refractivity (Wildman–Crippen MR) is 160 cm³/mol. The van der Waals surface area contributed by atoms with Gasteiger partial charge < -0.3 is 47.4 Å². The Labute approximate surface area is 253 Å². The standard InChI is InChI=1S/C31H52O10Si/c1-12-14-37-24-22(17-36-15-13-16-42(19(2)3,20(4)5)21(6)7)40-31(29(35-11)26(24)32-8)41-25-23-18-38-30(39-23)28(34-10)27(25)33-9/h1,19-31H,14-15,17-18H2,2-11H3/t22-,23-,24-,25-,26+,27+,28-,29-,30-,31-/m1/s1. The summed E-state index contributed by atoms with van der Waals surface area (Å²) in [6.07, 6.45) is 0.0127. The molecule has 0 amide bonds. The molecular weight excluding hydrogens is 560 g/mol. The zero-order valence-electron chi connectivity index (χ0n) is 27.0. The summed E-state index contributed by atoms with van der Waals surface area (Å²) in [5.74, 6) is 5.88. The Bertz CT molecular complexity index is 905. The first kappa shape index (κ1) is 35.4. The molecular formula is C31H52O10Si. The maximum absolute atomic E-state index is 6.56. The van der Waals surface area contributed by atoms with Crippen LogP contribution in [0.1, 0.15) is 41.5 Å². The Morgan fingerprint density at radius 2 is 1.36 bits per heavy atom. The van der Waals surface area contributed by atoms with Gasteiger partial charge >= 0.3 is 0 Å². The third kappa shape index (κ3) is 7.41. The largest absolute Gasteiger partial charge is 0.376 e. The lowest BCUT2D eigenvalue weighted by Gasteiger charge is -2.47. The molecule has 10 atom stereocenters. The van der Waals surface area contributed by atoms with Crippen molar-refractivity contribution >= 4 is 8.07 Å². The summed E-state index contributed by atoms with van der Waals surface area (Å²) < 4.78 is 60.2. The van der Waals surface area contributed by atoms with Gasteiger partial charge in [0.25, 0.3) is 0 Å². The van der Waals surface area contributed by atoms with Crippen LogP contribution in [0.5, 0.6) is 0 Å². The minimum atomic E-state index is -1.86. The highest BCUT2D eigenvalue weighted by Crippen LogP contribution is 2.41. The minimum Gasteiger partial charge on any atom is -0.376 e. The van der Waals surface area contributed by atoms with Gasteiger partial charge in [0.05, 0.1) is 13.2 Å². The average Bonchev–Trinajstić information content (AvgIpc) is 3.39. The van der Waals surface area contributed by atoms with Crippen molar-refractivity contribution in [2.45, 2.75) is 120 Å². The van der Waals surface area contributed by atoms with Crippen molar-refractivity contribution in [3.8, 4) is 23.8 Å². The second-order valence-corrected chi connectivity index (χ2v) is 17.6. The first-order valence-corrected chi connectivity index (χ1v) is 17.2. The van der Waals surface area contributed by atoms with Crippen LogP contribution in [0.25, 0.3) is 0 Å². The van der Waals surface area contributed by atoms with Crippen molar-refractivity contribution in [2.24, 2.45) is 0 Å². The summed E-state index contributed by atoms with van der Waals surface area (Å²) in [6.45, 7) is 14.7. The molecule has 240 valence electrons. The zero-order valence-corrected chi connectivity index (χ0v) is 28.0. The first-order valence-electron chi connectivity index (χ1n) is 14.9. The fourth-order valence-corrected chi connectivity index (χ4v) is 12.2. The van der Waals surface area contributed by atoms with Gasteiger partial charge in [-0.3, -0.25) is 0 Å². The molecule has 0 aromatic carbocycles. The molecule has 0 radical (unpaired) electrons. The summed E-state index contributed by atoms with van der Waals surface area (Å²) >= 11 is 0. The van der Waals surface area contributed by atoms with Crippen LogP contribution in [-0.2, 0) is 47.4 Å². The molecule has 0 N–H and O–H groups in total. The van der Waals surface area contributed by atoms with Crippen LogP contribution in [0.4, 0.5) is 0 Å². The molecule has 3 aliphatic rings. The zero-order chi connectivity index (χ0) is 31.0. The predicted octanol–water partition coefficient (Wildman–Crippen LogP) is 3.17. The summed E-state index contributed by atoms with van der Waals surface area (Å²) in [6, 6.07) is 0. The van der Waals surface area contributed by atoms with Crippen molar-refractivity contribution in [3.63, 3.8) is 0 Å². The van der Waals surface area contributed by atoms with Crippen LogP contribution < -0.4 is 0 Å². The van der Waals surface area contributed by atoms with E-state index in [2.05, 4.69) is 58.9 Å². The van der Waals surface area contributed by atoms with E-state index in [1.807, 2.05) is 0 Å². The molecule has 0 unspecified atom stereocenters. The molecule has 3 saturated heterocycles. The smallest absolute Gasteiger partial charge is 0.187 e. The normalized spacial score (nSPS) is 35.0. The van der Waals surface area contributed by atoms with Gasteiger partial charge in [-0.25, -0.2) is 0 Å². The van der Waals surface area contributed by atoms with Crippen LogP contribution in [-0.4, -0.2) is 124 Å². The van der Waals surface area contributed by atoms with Crippen molar-refractivity contribution < 1.29 is 47.4 Å². The van der Waals surface area contributed by atoms with Crippen LogP contribution in [0.3, 0.4) is 0 Å². The fourth-order valence-electron chi connectivity index (χ4n) is 7.00. The number of fused-ring (bicyclic) bond motifs is 2. The number of methoxy groups -OCH3 is 4. The Kier molecular flexibility index (Phi) is 13.7. The Balaban J connectivity index is 1.80. The average molecular weight is 613 g/mol. The van der Waals surface area contributed by atoms with Gasteiger partial charge in [0.15, 0.2) is 12.6 Å². The molecule has 3 aliphatic heterocycles. The van der Waals surface area contributed by atoms with Crippen molar-refractivity contribution in [2.75, 3.05) is 54.9 Å². The molecule has 0 aromatic rings. The van der Waals surface area contributed by atoms with E-state index < -0.39 is 63.4 Å². The highest BCUT2D eigenvalue weighted by molar-refractivity contribution is 6.90. The van der Waals surface area contributed by atoms with E-state index in [0.717, 1.165) is 0 Å². The maximum Gasteiger partial charge on any atom is 0.187 e. The Hall–Kier alpha value is -1.06. The molecule has 2 bridgehead atoms. The Morgan fingerprint density at radius 3 is 1.90 bits per heavy atom. The monoisotopic (exact) mass is 612 g/mol. The molecule has 3 heterocycles. The van der Waals surface area contributed by atoms with Crippen molar-refractivity contribution in [3.05, 3.63) is 0 Å². The molecule has 0 aliphatic carbocycles. The summed E-state index contributed by atoms with van der Waals surface area (Å²) in [7, 11) is 4.52. The van der Waals surface area contributed by atoms with E-state index in [0.29, 0.717) is 23.2 Å². The van der Waals surface area contributed by atoms with E-state index in [4.69, 9.17) is 53.8 Å². The summed E-state index contributed by atoms with van der Waals surface area (Å²) in [4.78, 5) is 0. The molecule has 3 rings (SSSR count). The van der Waals surface area contributed by atoms with Gasteiger partial charge in [-0.1, -0.05) is 53.4 Å². The molecule has 42 heavy (non-hydrogen) atoms. The molecule has 0 spiro atoms. The van der Waals surface area contributed by atoms with Gasteiger partial charge in [-0.2, -0.15) is 0 Å². The third-order valence-electron chi connectivity index (χ3n) is 8.97. The number of hydrogen-bond acceptors (Lipinski definition) is 10. The van der Waals surface area contributed by atoms with Gasteiger partial charge in [-0.15, -0.1) is 12.0 Å². The second kappa shape index (κ2) is 16.3. The lowest BCUT2D eigenvalue weighted by atomic mass is 9.97. The van der Waals surface area contributed by atoms with E-state index in [9.17, 15) is 0 Å². The van der Waals surface area contributed by atoms with E-state index >= 15 is 0 Å². The molecule has 0 aromatic heterocycles. The Morgan fingerprint density at radius 1 is 0.762 bits per heavy atom. The van der Waals surface area contributed by atoms with Crippen LogP contribution in [0.15, 0.2) is 0 Å². The van der Waals surface area contributed by atoms with Crippen LogP contribution in [0, 0.1) is 23.8 Å². The second-order valence-electron chi connectivity index (χ2n) is 12.0. The number of terminal acetylenes is 1. The lowest BCUT2D eigenvalue weighted by Crippen LogP contribution is -2.64. The van der Waals surface area contributed by atoms with Crippen molar-refractivity contribution in [1.82, 2.24) is 0 Å². The van der Waals surface area contributed by atoms with E-state index in [1.165, 1.54) is 0 Å². The van der Waals surface area contributed by atoms with Crippen molar-refractivity contribution in [1.29, 1.82) is 0 Å². The van der Waals surface area contributed by atoms with Gasteiger partial charge in [-0.05, 0) is 16.6 Å². The quantitative estimate of drug-likeness (QED) is 0.166. The topological polar surface area (TPSA) is 92.3 Å². The molecule has 10 nitrogen and oxygen atoms in total. The molecule has 0 saturated carbocycles. The van der Waals surface area contributed by atoms with Crippen LogP contribution in [0.2, 0.25) is 16.6 Å². The highest BCUT2D eigenvalue weighted by atomic mass is 28.3. The number of rotatable bonds is 14. The lowest BCUT2D eigenvalue weighted by molar-refractivity contribution is -0.348. The molecule has 11 heteroatoms. The minimum absolute atomic E-state index is 0.0793. The van der Waals surface area contributed by atoms with Crippen LogP contribution >= 0.6 is 0 Å². The fraction of sp³-hybridized carbons (Fsp3) is 0.871.